The molecule has 3 rings (SSSR count). The first-order valence-electron chi connectivity index (χ1n) is 6.28. The number of hydrogen-bond acceptors (Lipinski definition) is 4. The van der Waals surface area contributed by atoms with Crippen molar-refractivity contribution in [1.29, 1.82) is 0 Å². The van der Waals surface area contributed by atoms with E-state index in [-0.39, 0.29) is 0 Å². The van der Waals surface area contributed by atoms with E-state index in [1.807, 2.05) is 37.8 Å². The molecule has 2 aromatic heterocycles. The molecule has 5 nitrogen and oxygen atoms in total. The summed E-state index contributed by atoms with van der Waals surface area (Å²) in [5, 5.41) is 7.58. The molecule has 94 valence electrons. The van der Waals surface area contributed by atoms with E-state index in [1.54, 1.807) is 0 Å². The van der Waals surface area contributed by atoms with Crippen LogP contribution in [0.15, 0.2) is 12.3 Å². The monoisotopic (exact) mass is 243 g/mol. The summed E-state index contributed by atoms with van der Waals surface area (Å²) >= 11 is 0. The Hall–Kier alpha value is -1.91. The van der Waals surface area contributed by atoms with Gasteiger partial charge < -0.3 is 5.32 Å². The van der Waals surface area contributed by atoms with Crippen molar-refractivity contribution in [2.75, 3.05) is 12.4 Å². The molecule has 0 amide bonds. The molecule has 0 unspecified atom stereocenters. The van der Waals surface area contributed by atoms with Gasteiger partial charge in [0, 0.05) is 24.7 Å². The predicted molar refractivity (Wildman–Crippen MR) is 70.1 cm³/mol. The summed E-state index contributed by atoms with van der Waals surface area (Å²) in [6.45, 7) is 4.00. The van der Waals surface area contributed by atoms with Crippen molar-refractivity contribution in [3.8, 4) is 5.82 Å². The predicted octanol–water partition coefficient (Wildman–Crippen LogP) is 2.20. The summed E-state index contributed by atoms with van der Waals surface area (Å²) in [6.07, 6.45) is 4.34. The van der Waals surface area contributed by atoms with Crippen LogP contribution in [-0.2, 0) is 0 Å². The zero-order chi connectivity index (χ0) is 12.7. The second-order valence-corrected chi connectivity index (χ2v) is 4.80. The first kappa shape index (κ1) is 11.2. The molecule has 1 fully saturated rings. The molecule has 1 aliphatic carbocycles. The lowest BCUT2D eigenvalue weighted by Gasteiger charge is -2.11. The van der Waals surface area contributed by atoms with Crippen LogP contribution in [-0.4, -0.2) is 26.8 Å². The second-order valence-electron chi connectivity index (χ2n) is 4.80. The van der Waals surface area contributed by atoms with Crippen LogP contribution in [0.3, 0.4) is 0 Å². The first-order valence-corrected chi connectivity index (χ1v) is 6.28. The molecule has 0 bridgehead atoms. The van der Waals surface area contributed by atoms with Gasteiger partial charge in [-0.1, -0.05) is 0 Å². The summed E-state index contributed by atoms with van der Waals surface area (Å²) in [7, 11) is 1.89. The van der Waals surface area contributed by atoms with Crippen molar-refractivity contribution in [1.82, 2.24) is 19.7 Å². The maximum absolute atomic E-state index is 4.68. The molecule has 2 aromatic rings. The fraction of sp³-hybridized carbons (Fsp3) is 0.462. The molecule has 1 N–H and O–H groups in total. The van der Waals surface area contributed by atoms with E-state index in [2.05, 4.69) is 20.4 Å². The van der Waals surface area contributed by atoms with Crippen LogP contribution in [0.5, 0.6) is 0 Å². The Kier molecular flexibility index (Phi) is 2.54. The van der Waals surface area contributed by atoms with Crippen LogP contribution in [0.2, 0.25) is 0 Å². The fourth-order valence-corrected chi connectivity index (χ4v) is 2.05. The second kappa shape index (κ2) is 4.08. The van der Waals surface area contributed by atoms with Crippen molar-refractivity contribution >= 4 is 5.82 Å². The van der Waals surface area contributed by atoms with Gasteiger partial charge in [0.25, 0.3) is 0 Å². The molecule has 0 aromatic carbocycles. The minimum absolute atomic E-state index is 0.535. The van der Waals surface area contributed by atoms with Gasteiger partial charge >= 0.3 is 0 Å². The Labute approximate surface area is 106 Å². The molecule has 0 saturated heterocycles. The van der Waals surface area contributed by atoms with E-state index in [0.717, 1.165) is 28.7 Å². The Bertz CT molecular complexity index is 583. The highest BCUT2D eigenvalue weighted by Gasteiger charge is 2.28. The van der Waals surface area contributed by atoms with Gasteiger partial charge in [-0.25, -0.2) is 14.6 Å². The van der Waals surface area contributed by atoms with Crippen molar-refractivity contribution in [2.45, 2.75) is 32.6 Å². The summed E-state index contributed by atoms with van der Waals surface area (Å²) in [4.78, 5) is 9.26. The normalized spacial score (nSPS) is 14.8. The molecule has 1 aliphatic rings. The number of nitrogens with one attached hydrogen (secondary N) is 1. The van der Waals surface area contributed by atoms with Crippen molar-refractivity contribution in [3.05, 3.63) is 29.3 Å². The van der Waals surface area contributed by atoms with Crippen LogP contribution < -0.4 is 5.32 Å². The Balaban J connectivity index is 2.14. The average Bonchev–Trinajstić information content (AvgIpc) is 3.12. The van der Waals surface area contributed by atoms with Crippen LogP contribution in [0, 0.1) is 13.8 Å². The Morgan fingerprint density at radius 2 is 2.06 bits per heavy atom. The smallest absolute Gasteiger partial charge is 0.162 e. The standard InChI is InChI=1S/C13H17N5/c1-8-6-7-18(17-8)13-9(2)11(14-3)15-12(16-13)10-4-5-10/h6-7,10H,4-5H2,1-3H3,(H,14,15,16). The van der Waals surface area contributed by atoms with Gasteiger partial charge in [-0.05, 0) is 32.8 Å². The molecule has 0 aliphatic heterocycles. The lowest BCUT2D eigenvalue weighted by molar-refractivity contribution is 0.792. The largest absolute Gasteiger partial charge is 0.373 e. The Morgan fingerprint density at radius 1 is 1.28 bits per heavy atom. The number of hydrogen-bond donors (Lipinski definition) is 1. The average molecular weight is 243 g/mol. The number of anilines is 1. The summed E-state index contributed by atoms with van der Waals surface area (Å²) < 4.78 is 1.83. The zero-order valence-electron chi connectivity index (χ0n) is 10.9. The molecular weight excluding hydrogens is 226 g/mol. The summed E-state index contributed by atoms with van der Waals surface area (Å²) in [6, 6.07) is 1.98. The molecule has 18 heavy (non-hydrogen) atoms. The van der Waals surface area contributed by atoms with Gasteiger partial charge in [-0.15, -0.1) is 0 Å². The van der Waals surface area contributed by atoms with E-state index < -0.39 is 0 Å². The molecule has 2 heterocycles. The summed E-state index contributed by atoms with van der Waals surface area (Å²) in [5.74, 6) is 3.25. The number of aryl methyl sites for hydroxylation is 1. The molecule has 0 radical (unpaired) electrons. The topological polar surface area (TPSA) is 55.6 Å². The van der Waals surface area contributed by atoms with Gasteiger partial charge in [0.2, 0.25) is 0 Å². The van der Waals surface area contributed by atoms with Crippen LogP contribution in [0.4, 0.5) is 5.82 Å². The van der Waals surface area contributed by atoms with Gasteiger partial charge in [-0.3, -0.25) is 0 Å². The van der Waals surface area contributed by atoms with Crippen LogP contribution >= 0.6 is 0 Å². The van der Waals surface area contributed by atoms with E-state index in [4.69, 9.17) is 0 Å². The molecular formula is C13H17N5. The lowest BCUT2D eigenvalue weighted by atomic mass is 10.3. The molecule has 1 saturated carbocycles. The highest BCUT2D eigenvalue weighted by molar-refractivity contribution is 5.51. The van der Waals surface area contributed by atoms with Crippen LogP contribution in [0.1, 0.15) is 35.8 Å². The van der Waals surface area contributed by atoms with Gasteiger partial charge in [0.05, 0.1) is 5.69 Å². The van der Waals surface area contributed by atoms with Crippen molar-refractivity contribution < 1.29 is 0 Å². The van der Waals surface area contributed by atoms with Crippen molar-refractivity contribution in [2.24, 2.45) is 0 Å². The Morgan fingerprint density at radius 3 is 2.61 bits per heavy atom. The van der Waals surface area contributed by atoms with Gasteiger partial charge in [-0.2, -0.15) is 5.10 Å². The molecule has 0 spiro atoms. The number of rotatable bonds is 3. The third-order valence-corrected chi connectivity index (χ3v) is 3.26. The summed E-state index contributed by atoms with van der Waals surface area (Å²) in [5.41, 5.74) is 2.02. The highest BCUT2D eigenvalue weighted by Crippen LogP contribution is 2.39. The maximum Gasteiger partial charge on any atom is 0.162 e. The van der Waals surface area contributed by atoms with Crippen molar-refractivity contribution in [3.63, 3.8) is 0 Å². The first-order chi connectivity index (χ1) is 8.69. The minimum atomic E-state index is 0.535. The van der Waals surface area contributed by atoms with E-state index in [0.29, 0.717) is 5.92 Å². The minimum Gasteiger partial charge on any atom is -0.373 e. The third kappa shape index (κ3) is 1.85. The zero-order valence-corrected chi connectivity index (χ0v) is 10.9. The van der Waals surface area contributed by atoms with Gasteiger partial charge in [0.15, 0.2) is 5.82 Å². The van der Waals surface area contributed by atoms with E-state index in [1.165, 1.54) is 12.8 Å². The van der Waals surface area contributed by atoms with E-state index >= 15 is 0 Å². The maximum atomic E-state index is 4.68. The SMILES string of the molecule is CNc1nc(C2CC2)nc(-n2ccc(C)n2)c1C. The molecule has 5 heteroatoms. The lowest BCUT2D eigenvalue weighted by Crippen LogP contribution is -2.09. The highest BCUT2D eigenvalue weighted by atomic mass is 15.3. The van der Waals surface area contributed by atoms with Crippen LogP contribution in [0.25, 0.3) is 5.82 Å². The quantitative estimate of drug-likeness (QED) is 0.898. The fourth-order valence-electron chi connectivity index (χ4n) is 2.05. The third-order valence-electron chi connectivity index (χ3n) is 3.26. The van der Waals surface area contributed by atoms with Gasteiger partial charge in [0.1, 0.15) is 11.6 Å². The number of aromatic nitrogens is 4. The number of nitrogens with zero attached hydrogens (tertiary/aromatic N) is 4. The van der Waals surface area contributed by atoms with E-state index in [9.17, 15) is 0 Å². The molecule has 0 atom stereocenters.